The van der Waals surface area contributed by atoms with Crippen LogP contribution in [0.3, 0.4) is 0 Å². The van der Waals surface area contributed by atoms with Crippen LogP contribution in [-0.2, 0) is 4.74 Å². The predicted molar refractivity (Wildman–Crippen MR) is 76.6 cm³/mol. The third-order valence-corrected chi connectivity index (χ3v) is 3.78. The molecule has 0 bridgehead atoms. The highest BCUT2D eigenvalue weighted by Gasteiger charge is 2.24. The van der Waals surface area contributed by atoms with Gasteiger partial charge in [-0.15, -0.1) is 0 Å². The summed E-state index contributed by atoms with van der Waals surface area (Å²) < 4.78 is 5.82. The van der Waals surface area contributed by atoms with Crippen LogP contribution in [0, 0.1) is 0 Å². The van der Waals surface area contributed by atoms with Crippen LogP contribution in [0.15, 0.2) is 5.16 Å². The molecule has 0 amide bonds. The van der Waals surface area contributed by atoms with Gasteiger partial charge in [0.05, 0.1) is 12.7 Å². The molecule has 6 heteroatoms. The Morgan fingerprint density at radius 1 is 1.53 bits per heavy atom. The lowest BCUT2D eigenvalue weighted by Crippen LogP contribution is -2.50. The highest BCUT2D eigenvalue weighted by atomic mass is 16.5. The number of oxime groups is 1. The van der Waals surface area contributed by atoms with Crippen LogP contribution in [0.1, 0.15) is 27.2 Å². The summed E-state index contributed by atoms with van der Waals surface area (Å²) in [6.45, 7) is 10.1. The second-order valence-electron chi connectivity index (χ2n) is 5.67. The van der Waals surface area contributed by atoms with Crippen molar-refractivity contribution in [2.45, 2.75) is 45.4 Å². The number of likely N-dealkylation sites (N-methyl/N-ethyl adjacent to an activating group) is 1. The van der Waals surface area contributed by atoms with Crippen LogP contribution >= 0.6 is 0 Å². The molecule has 1 heterocycles. The lowest BCUT2D eigenvalue weighted by molar-refractivity contribution is -0.0526. The van der Waals surface area contributed by atoms with Gasteiger partial charge >= 0.3 is 0 Å². The molecule has 1 aliphatic rings. The summed E-state index contributed by atoms with van der Waals surface area (Å²) in [7, 11) is 2.05. The van der Waals surface area contributed by atoms with Crippen molar-refractivity contribution >= 4 is 5.84 Å². The van der Waals surface area contributed by atoms with Crippen LogP contribution in [0.5, 0.6) is 0 Å². The summed E-state index contributed by atoms with van der Waals surface area (Å²) in [6.07, 6.45) is 0.795. The molecule has 0 radical (unpaired) electrons. The van der Waals surface area contributed by atoms with Gasteiger partial charge in [-0.25, -0.2) is 0 Å². The Balaban J connectivity index is 2.40. The fourth-order valence-electron chi connectivity index (χ4n) is 2.32. The zero-order chi connectivity index (χ0) is 14.4. The van der Waals surface area contributed by atoms with Crippen LogP contribution in [0.25, 0.3) is 0 Å². The molecule has 1 aliphatic heterocycles. The number of ether oxygens (including phenoxy) is 1. The minimum absolute atomic E-state index is 0.230. The molecule has 112 valence electrons. The maximum absolute atomic E-state index is 8.60. The summed E-state index contributed by atoms with van der Waals surface area (Å²) in [6, 6.07) is 0.792. The molecule has 0 saturated carbocycles. The zero-order valence-electron chi connectivity index (χ0n) is 12.5. The van der Waals surface area contributed by atoms with Gasteiger partial charge in [-0.3, -0.25) is 4.90 Å². The fourth-order valence-corrected chi connectivity index (χ4v) is 2.32. The molecular weight excluding hydrogens is 244 g/mol. The number of hydrogen-bond acceptors (Lipinski definition) is 5. The molecule has 6 nitrogen and oxygen atoms in total. The molecule has 0 spiro atoms. The van der Waals surface area contributed by atoms with E-state index in [1.54, 1.807) is 0 Å². The van der Waals surface area contributed by atoms with Gasteiger partial charge in [-0.05, 0) is 27.8 Å². The molecule has 0 aromatic carbocycles. The van der Waals surface area contributed by atoms with E-state index < -0.39 is 0 Å². The Morgan fingerprint density at radius 2 is 2.21 bits per heavy atom. The molecular formula is C13H28N4O2. The van der Waals surface area contributed by atoms with Gasteiger partial charge in [0, 0.05) is 38.1 Å². The first-order valence-corrected chi connectivity index (χ1v) is 6.96. The van der Waals surface area contributed by atoms with Crippen LogP contribution in [0.4, 0.5) is 0 Å². The first-order chi connectivity index (χ1) is 8.93. The van der Waals surface area contributed by atoms with E-state index in [1.165, 1.54) is 0 Å². The number of amidine groups is 1. The number of nitrogens with two attached hydrogens (primary N) is 1. The van der Waals surface area contributed by atoms with Gasteiger partial charge < -0.3 is 20.6 Å². The first-order valence-electron chi connectivity index (χ1n) is 6.96. The molecule has 1 saturated heterocycles. The summed E-state index contributed by atoms with van der Waals surface area (Å²) >= 11 is 0. The van der Waals surface area contributed by atoms with E-state index in [1.807, 2.05) is 7.05 Å². The van der Waals surface area contributed by atoms with Gasteiger partial charge in [0.2, 0.25) is 0 Å². The molecule has 1 fully saturated rings. The monoisotopic (exact) mass is 272 g/mol. The van der Waals surface area contributed by atoms with E-state index in [4.69, 9.17) is 15.7 Å². The van der Waals surface area contributed by atoms with Crippen molar-refractivity contribution in [2.75, 3.05) is 33.3 Å². The van der Waals surface area contributed by atoms with Crippen molar-refractivity contribution in [1.82, 2.24) is 9.80 Å². The third-order valence-electron chi connectivity index (χ3n) is 3.78. The lowest BCUT2D eigenvalue weighted by atomic mass is 10.1. The van der Waals surface area contributed by atoms with Gasteiger partial charge in [-0.1, -0.05) is 5.16 Å². The van der Waals surface area contributed by atoms with Crippen LogP contribution in [-0.4, -0.2) is 72.3 Å². The van der Waals surface area contributed by atoms with E-state index in [9.17, 15) is 0 Å². The Kier molecular flexibility index (Phi) is 6.54. The van der Waals surface area contributed by atoms with E-state index in [2.05, 4.69) is 35.7 Å². The van der Waals surface area contributed by atoms with E-state index in [0.29, 0.717) is 12.5 Å². The molecule has 0 aromatic rings. The highest BCUT2D eigenvalue weighted by Crippen LogP contribution is 2.11. The summed E-state index contributed by atoms with van der Waals surface area (Å²) in [5, 5.41) is 11.6. The van der Waals surface area contributed by atoms with Crippen molar-refractivity contribution in [1.29, 1.82) is 0 Å². The zero-order valence-corrected chi connectivity index (χ0v) is 12.5. The maximum Gasteiger partial charge on any atom is 0.140 e. The van der Waals surface area contributed by atoms with E-state index in [0.717, 1.165) is 26.2 Å². The first kappa shape index (κ1) is 16.2. The summed E-state index contributed by atoms with van der Waals surface area (Å²) in [4.78, 5) is 4.64. The molecule has 2 unspecified atom stereocenters. The minimum Gasteiger partial charge on any atom is -0.409 e. The van der Waals surface area contributed by atoms with Gasteiger partial charge in [0.15, 0.2) is 0 Å². The molecule has 1 rings (SSSR count). The van der Waals surface area contributed by atoms with Crippen LogP contribution in [0.2, 0.25) is 0 Å². The van der Waals surface area contributed by atoms with Crippen molar-refractivity contribution in [3.63, 3.8) is 0 Å². The highest BCUT2D eigenvalue weighted by molar-refractivity contribution is 5.80. The summed E-state index contributed by atoms with van der Waals surface area (Å²) in [5.74, 6) is 0.271. The number of nitrogens with zero attached hydrogens (tertiary/aromatic N) is 3. The quantitative estimate of drug-likeness (QED) is 0.320. The average Bonchev–Trinajstić information content (AvgIpc) is 2.38. The topological polar surface area (TPSA) is 74.3 Å². The van der Waals surface area contributed by atoms with Gasteiger partial charge in [0.25, 0.3) is 0 Å². The van der Waals surface area contributed by atoms with E-state index in [-0.39, 0.29) is 18.0 Å². The fraction of sp³-hybridized carbons (Fsp3) is 0.923. The largest absolute Gasteiger partial charge is 0.409 e. The Hall–Kier alpha value is -0.850. The molecule has 0 aliphatic carbocycles. The Morgan fingerprint density at radius 3 is 2.79 bits per heavy atom. The van der Waals surface area contributed by atoms with Crippen molar-refractivity contribution in [3.8, 4) is 0 Å². The predicted octanol–water partition coefficient (Wildman–Crippen LogP) is 0.552. The summed E-state index contributed by atoms with van der Waals surface area (Å²) in [5.41, 5.74) is 5.54. The molecule has 0 aromatic heterocycles. The second-order valence-corrected chi connectivity index (χ2v) is 5.67. The third kappa shape index (κ3) is 5.34. The number of hydrogen-bond donors (Lipinski definition) is 2. The van der Waals surface area contributed by atoms with Gasteiger partial charge in [-0.2, -0.15) is 0 Å². The molecule has 3 N–H and O–H groups in total. The minimum atomic E-state index is 0.230. The van der Waals surface area contributed by atoms with E-state index >= 15 is 0 Å². The van der Waals surface area contributed by atoms with Crippen molar-refractivity contribution < 1.29 is 9.94 Å². The SMILES string of the molecule is CC(CC(N)=NO)N(C)CC1CN(C(C)C)CCO1. The van der Waals surface area contributed by atoms with Gasteiger partial charge in [0.1, 0.15) is 5.84 Å². The maximum atomic E-state index is 8.60. The lowest BCUT2D eigenvalue weighted by Gasteiger charge is -2.38. The molecule has 19 heavy (non-hydrogen) atoms. The standard InChI is InChI=1S/C13H28N4O2/c1-10(2)17-5-6-19-12(9-17)8-16(4)11(3)7-13(14)15-18/h10-12,18H,5-9H2,1-4H3,(H2,14,15). The Labute approximate surface area is 116 Å². The van der Waals surface area contributed by atoms with Crippen molar-refractivity contribution in [3.05, 3.63) is 0 Å². The van der Waals surface area contributed by atoms with Crippen molar-refractivity contribution in [2.24, 2.45) is 10.9 Å². The smallest absolute Gasteiger partial charge is 0.140 e. The average molecular weight is 272 g/mol. The number of morpholine rings is 1. The molecule has 2 atom stereocenters. The number of rotatable bonds is 6. The second kappa shape index (κ2) is 7.67. The normalized spacial score (nSPS) is 24.1. The Bertz CT molecular complexity index is 296. The van der Waals surface area contributed by atoms with Crippen LogP contribution < -0.4 is 5.73 Å².